The van der Waals surface area contributed by atoms with E-state index in [4.69, 9.17) is 0 Å². The smallest absolute Gasteiger partial charge is 0.0642 e. The van der Waals surface area contributed by atoms with Crippen LogP contribution in [0.15, 0.2) is 0 Å². The van der Waals surface area contributed by atoms with E-state index in [1.165, 1.54) is 0 Å². The molecule has 0 spiro atoms. The predicted octanol–water partition coefficient (Wildman–Crippen LogP) is 3.22. The Morgan fingerprint density at radius 3 is 1.67 bits per heavy atom. The Morgan fingerprint density at radius 2 is 1.42 bits per heavy atom. The molecule has 0 rings (SSSR count). The Hall–Kier alpha value is -0.0400. The molecule has 1 N–H and O–H groups in total. The van der Waals surface area contributed by atoms with Crippen molar-refractivity contribution in [3.05, 3.63) is 0 Å². The monoisotopic (exact) mass is 172 g/mol. The molecule has 0 amide bonds. The molecule has 0 fully saturated rings. The van der Waals surface area contributed by atoms with Crippen LogP contribution in [0.2, 0.25) is 0 Å². The summed E-state index contributed by atoms with van der Waals surface area (Å²) < 4.78 is 0. The summed E-state index contributed by atoms with van der Waals surface area (Å²) in [6, 6.07) is 0. The van der Waals surface area contributed by atoms with Crippen LogP contribution in [-0.4, -0.2) is 10.7 Å². The lowest BCUT2D eigenvalue weighted by Gasteiger charge is -2.31. The standard InChI is InChI=1S/C11H24O/c1-9(2)11(6,12)8-7-10(3,4)5/h9,12H,7-8H2,1-6H3. The van der Waals surface area contributed by atoms with E-state index in [1.54, 1.807) is 0 Å². The Balaban J connectivity index is 3.93. The minimum Gasteiger partial charge on any atom is -0.390 e. The Kier molecular flexibility index (Phi) is 3.77. The van der Waals surface area contributed by atoms with Gasteiger partial charge >= 0.3 is 0 Å². The summed E-state index contributed by atoms with van der Waals surface area (Å²) in [5.41, 5.74) is -0.161. The molecule has 0 radical (unpaired) electrons. The molecule has 74 valence electrons. The zero-order chi connectivity index (χ0) is 9.99. The van der Waals surface area contributed by atoms with E-state index < -0.39 is 5.60 Å². The van der Waals surface area contributed by atoms with Gasteiger partial charge in [-0.05, 0) is 31.1 Å². The highest BCUT2D eigenvalue weighted by molar-refractivity contribution is 4.78. The van der Waals surface area contributed by atoms with E-state index >= 15 is 0 Å². The van der Waals surface area contributed by atoms with Crippen LogP contribution >= 0.6 is 0 Å². The highest BCUT2D eigenvalue weighted by Crippen LogP contribution is 2.29. The van der Waals surface area contributed by atoms with E-state index in [-0.39, 0.29) is 0 Å². The number of rotatable bonds is 3. The lowest BCUT2D eigenvalue weighted by atomic mass is 9.81. The van der Waals surface area contributed by atoms with Gasteiger partial charge in [0.25, 0.3) is 0 Å². The van der Waals surface area contributed by atoms with Gasteiger partial charge in [0.2, 0.25) is 0 Å². The first kappa shape index (κ1) is 12.0. The Labute approximate surface area is 77.2 Å². The molecule has 0 aliphatic rings. The van der Waals surface area contributed by atoms with Crippen LogP contribution in [0.5, 0.6) is 0 Å². The van der Waals surface area contributed by atoms with E-state index in [9.17, 15) is 5.11 Å². The van der Waals surface area contributed by atoms with E-state index in [2.05, 4.69) is 34.6 Å². The third kappa shape index (κ3) is 4.76. The lowest BCUT2D eigenvalue weighted by molar-refractivity contribution is -0.00375. The first-order chi connectivity index (χ1) is 5.15. The van der Waals surface area contributed by atoms with E-state index in [0.717, 1.165) is 12.8 Å². The maximum atomic E-state index is 9.96. The van der Waals surface area contributed by atoms with Crippen LogP contribution in [0.1, 0.15) is 54.4 Å². The molecule has 0 saturated carbocycles. The van der Waals surface area contributed by atoms with Crippen molar-refractivity contribution >= 4 is 0 Å². The lowest BCUT2D eigenvalue weighted by Crippen LogP contribution is -2.32. The molecule has 0 aromatic rings. The van der Waals surface area contributed by atoms with Gasteiger partial charge in [-0.3, -0.25) is 0 Å². The van der Waals surface area contributed by atoms with E-state index in [1.807, 2.05) is 6.92 Å². The molecule has 0 aliphatic heterocycles. The van der Waals surface area contributed by atoms with Crippen molar-refractivity contribution in [3.63, 3.8) is 0 Å². The van der Waals surface area contributed by atoms with Crippen LogP contribution in [0.25, 0.3) is 0 Å². The van der Waals surface area contributed by atoms with Gasteiger partial charge in [0, 0.05) is 0 Å². The molecule has 0 aromatic heterocycles. The summed E-state index contributed by atoms with van der Waals surface area (Å²) in [6.45, 7) is 12.7. The molecule has 0 bridgehead atoms. The highest BCUT2D eigenvalue weighted by Gasteiger charge is 2.26. The molecule has 0 aliphatic carbocycles. The summed E-state index contributed by atoms with van der Waals surface area (Å²) in [5, 5.41) is 9.96. The number of hydrogen-bond donors (Lipinski definition) is 1. The molecule has 1 atom stereocenters. The van der Waals surface area contributed by atoms with Crippen LogP contribution in [0.3, 0.4) is 0 Å². The topological polar surface area (TPSA) is 20.2 Å². The van der Waals surface area contributed by atoms with Crippen molar-refractivity contribution in [1.29, 1.82) is 0 Å². The largest absolute Gasteiger partial charge is 0.390 e. The quantitative estimate of drug-likeness (QED) is 0.693. The molecule has 1 unspecified atom stereocenters. The van der Waals surface area contributed by atoms with Gasteiger partial charge < -0.3 is 5.11 Å². The minimum atomic E-state index is -0.493. The van der Waals surface area contributed by atoms with Crippen molar-refractivity contribution in [2.45, 2.75) is 60.0 Å². The average Bonchev–Trinajstić information content (AvgIpc) is 1.82. The van der Waals surface area contributed by atoms with Gasteiger partial charge in [-0.1, -0.05) is 34.6 Å². The van der Waals surface area contributed by atoms with E-state index in [0.29, 0.717) is 11.3 Å². The molecular formula is C11H24O. The summed E-state index contributed by atoms with van der Waals surface area (Å²) in [4.78, 5) is 0. The second-order valence-electron chi connectivity index (χ2n) is 5.57. The fourth-order valence-corrected chi connectivity index (χ4v) is 0.917. The Morgan fingerprint density at radius 1 is 1.00 bits per heavy atom. The van der Waals surface area contributed by atoms with Crippen LogP contribution in [-0.2, 0) is 0 Å². The van der Waals surface area contributed by atoms with Crippen molar-refractivity contribution in [2.24, 2.45) is 11.3 Å². The third-order valence-corrected chi connectivity index (χ3v) is 2.62. The highest BCUT2D eigenvalue weighted by atomic mass is 16.3. The van der Waals surface area contributed by atoms with Crippen molar-refractivity contribution in [2.75, 3.05) is 0 Å². The number of hydrogen-bond acceptors (Lipinski definition) is 1. The minimum absolute atomic E-state index is 0.332. The number of aliphatic hydroxyl groups is 1. The molecule has 0 heterocycles. The second-order valence-corrected chi connectivity index (χ2v) is 5.57. The molecule has 0 aromatic carbocycles. The summed E-state index contributed by atoms with van der Waals surface area (Å²) in [6.07, 6.45) is 1.98. The zero-order valence-corrected chi connectivity index (χ0v) is 9.44. The first-order valence-corrected chi connectivity index (χ1v) is 4.87. The molecule has 1 nitrogen and oxygen atoms in total. The van der Waals surface area contributed by atoms with Gasteiger partial charge in [-0.2, -0.15) is 0 Å². The van der Waals surface area contributed by atoms with Crippen molar-refractivity contribution in [3.8, 4) is 0 Å². The van der Waals surface area contributed by atoms with Gasteiger partial charge in [-0.15, -0.1) is 0 Å². The Bertz CT molecular complexity index is 128. The SMILES string of the molecule is CC(C)C(C)(O)CCC(C)(C)C. The van der Waals surface area contributed by atoms with Crippen molar-refractivity contribution < 1.29 is 5.11 Å². The maximum Gasteiger partial charge on any atom is 0.0642 e. The van der Waals surface area contributed by atoms with Crippen LogP contribution < -0.4 is 0 Å². The predicted molar refractivity (Wildman–Crippen MR) is 54.2 cm³/mol. The second kappa shape index (κ2) is 3.78. The summed E-state index contributed by atoms with van der Waals surface area (Å²) in [7, 11) is 0. The fourth-order valence-electron chi connectivity index (χ4n) is 0.917. The first-order valence-electron chi connectivity index (χ1n) is 4.87. The van der Waals surface area contributed by atoms with Gasteiger partial charge in [0.1, 0.15) is 0 Å². The molecule has 1 heteroatoms. The van der Waals surface area contributed by atoms with Gasteiger partial charge in [0.05, 0.1) is 5.60 Å². The fraction of sp³-hybridized carbons (Fsp3) is 1.00. The van der Waals surface area contributed by atoms with Gasteiger partial charge in [-0.25, -0.2) is 0 Å². The normalized spacial score (nSPS) is 18.0. The molecule has 12 heavy (non-hydrogen) atoms. The van der Waals surface area contributed by atoms with Crippen molar-refractivity contribution in [1.82, 2.24) is 0 Å². The summed E-state index contributed by atoms with van der Waals surface area (Å²) >= 11 is 0. The van der Waals surface area contributed by atoms with Gasteiger partial charge in [0.15, 0.2) is 0 Å². The zero-order valence-electron chi connectivity index (χ0n) is 9.44. The third-order valence-electron chi connectivity index (χ3n) is 2.62. The summed E-state index contributed by atoms with van der Waals surface area (Å²) in [5.74, 6) is 0.347. The average molecular weight is 172 g/mol. The molecular weight excluding hydrogens is 148 g/mol. The maximum absolute atomic E-state index is 9.96. The molecule has 0 saturated heterocycles. The van der Waals surface area contributed by atoms with Crippen LogP contribution in [0.4, 0.5) is 0 Å². The van der Waals surface area contributed by atoms with Crippen LogP contribution in [0, 0.1) is 11.3 Å².